The van der Waals surface area contributed by atoms with Crippen LogP contribution >= 0.6 is 0 Å². The first kappa shape index (κ1) is 57.3. The molecule has 0 aromatic carbocycles. The lowest BCUT2D eigenvalue weighted by atomic mass is 10.1. The predicted molar refractivity (Wildman–Crippen MR) is 260 cm³/mol. The second-order valence-electron chi connectivity index (χ2n) is 16.1. The zero-order valence-corrected chi connectivity index (χ0v) is 39.4. The molecule has 0 spiro atoms. The van der Waals surface area contributed by atoms with E-state index in [2.05, 4.69) is 106 Å². The smallest absolute Gasteiger partial charge is 0.306 e. The number of unbranched alkanes of at least 4 members (excludes halogenated alkanes) is 18. The quantitative estimate of drug-likeness (QED) is 0.0200. The van der Waals surface area contributed by atoms with Gasteiger partial charge in [-0.25, -0.2) is 0 Å². The molecular formula is C55H90O6. The van der Waals surface area contributed by atoms with Gasteiger partial charge < -0.3 is 14.2 Å². The van der Waals surface area contributed by atoms with Gasteiger partial charge >= 0.3 is 17.9 Å². The standard InChI is InChI=1S/C55H90O6/c1-4-7-10-13-16-19-21-23-25-27-28-30-31-33-36-39-42-45-48-54(57)60-51-52(50-59-53(56)47-44-41-38-35-18-15-12-9-6-3)61-55(58)49-46-43-40-37-34-32-29-26-24-22-20-17-14-11-8-5-2/h8,11,17,20-21,23-28,30,32,34,40,43,52H,4-7,9-10,12-16,18-19,22,29,31,33,35-39,41-42,44-51H2,1-3H3/b11-8-,20-17-,23-21-,26-24-,27-25-,30-28-,34-32-,43-40-. The molecule has 0 N–H and O–H groups in total. The molecule has 0 rings (SSSR count). The second-order valence-corrected chi connectivity index (χ2v) is 16.1. The van der Waals surface area contributed by atoms with Crippen LogP contribution in [0.2, 0.25) is 0 Å². The lowest BCUT2D eigenvalue weighted by Gasteiger charge is -2.18. The summed E-state index contributed by atoms with van der Waals surface area (Å²) < 4.78 is 16.6. The Morgan fingerprint density at radius 2 is 0.738 bits per heavy atom. The fourth-order valence-electron chi connectivity index (χ4n) is 6.43. The van der Waals surface area contributed by atoms with E-state index in [9.17, 15) is 14.4 Å². The third-order valence-corrected chi connectivity index (χ3v) is 10.1. The SMILES string of the molecule is CC/C=C\C/C=C\C/C=C\C/C=C\C/C=C\CCC(=O)OC(COC(=O)CCCCCCC\C=C/C=C\C=C/CCCCCCC)COC(=O)CCCCCCCCCCC. The van der Waals surface area contributed by atoms with Crippen LogP contribution in [0, 0.1) is 0 Å². The van der Waals surface area contributed by atoms with Gasteiger partial charge in [0, 0.05) is 19.3 Å². The van der Waals surface area contributed by atoms with E-state index in [0.717, 1.165) is 96.3 Å². The van der Waals surface area contributed by atoms with Gasteiger partial charge in [0.15, 0.2) is 6.10 Å². The molecule has 0 aliphatic carbocycles. The minimum atomic E-state index is -0.823. The van der Waals surface area contributed by atoms with Gasteiger partial charge in [-0.2, -0.15) is 0 Å². The molecule has 0 aromatic heterocycles. The molecule has 0 saturated heterocycles. The highest BCUT2D eigenvalue weighted by Crippen LogP contribution is 2.13. The summed E-state index contributed by atoms with van der Waals surface area (Å²) in [6.07, 6.45) is 64.0. The van der Waals surface area contributed by atoms with Crippen molar-refractivity contribution < 1.29 is 28.6 Å². The largest absolute Gasteiger partial charge is 0.462 e. The molecule has 0 aliphatic rings. The molecule has 0 bridgehead atoms. The van der Waals surface area contributed by atoms with Crippen LogP contribution in [0.15, 0.2) is 97.2 Å². The van der Waals surface area contributed by atoms with Crippen LogP contribution in [-0.4, -0.2) is 37.2 Å². The fraction of sp³-hybridized carbons (Fsp3) is 0.655. The molecule has 0 fully saturated rings. The molecular weight excluding hydrogens is 757 g/mol. The van der Waals surface area contributed by atoms with Crippen LogP contribution in [0.5, 0.6) is 0 Å². The molecule has 0 aromatic rings. The van der Waals surface area contributed by atoms with Crippen LogP contribution in [0.25, 0.3) is 0 Å². The normalized spacial score (nSPS) is 12.9. The average molecular weight is 847 g/mol. The monoisotopic (exact) mass is 847 g/mol. The van der Waals surface area contributed by atoms with E-state index in [1.54, 1.807) is 0 Å². The van der Waals surface area contributed by atoms with E-state index in [4.69, 9.17) is 14.2 Å². The van der Waals surface area contributed by atoms with E-state index < -0.39 is 12.1 Å². The van der Waals surface area contributed by atoms with Gasteiger partial charge in [0.2, 0.25) is 0 Å². The van der Waals surface area contributed by atoms with E-state index in [1.807, 2.05) is 12.2 Å². The van der Waals surface area contributed by atoms with E-state index in [1.165, 1.54) is 70.6 Å². The van der Waals surface area contributed by atoms with E-state index in [0.29, 0.717) is 19.3 Å². The van der Waals surface area contributed by atoms with Crippen LogP contribution < -0.4 is 0 Å². The minimum Gasteiger partial charge on any atom is -0.462 e. The van der Waals surface area contributed by atoms with Gasteiger partial charge in [-0.05, 0) is 77.0 Å². The van der Waals surface area contributed by atoms with E-state index >= 15 is 0 Å². The highest BCUT2D eigenvalue weighted by Gasteiger charge is 2.19. The summed E-state index contributed by atoms with van der Waals surface area (Å²) in [5.41, 5.74) is 0. The molecule has 6 heteroatoms. The molecule has 1 unspecified atom stereocenters. The van der Waals surface area contributed by atoms with Crippen molar-refractivity contribution in [3.05, 3.63) is 97.2 Å². The number of esters is 3. The zero-order chi connectivity index (χ0) is 44.4. The van der Waals surface area contributed by atoms with Crippen molar-refractivity contribution in [2.45, 2.75) is 219 Å². The Bertz CT molecular complexity index is 1250. The fourth-order valence-corrected chi connectivity index (χ4v) is 6.43. The lowest BCUT2D eigenvalue weighted by molar-refractivity contribution is -0.166. The topological polar surface area (TPSA) is 78.9 Å². The Morgan fingerprint density at radius 3 is 1.16 bits per heavy atom. The maximum atomic E-state index is 12.7. The Balaban J connectivity index is 4.50. The van der Waals surface area contributed by atoms with Crippen LogP contribution in [0.4, 0.5) is 0 Å². The summed E-state index contributed by atoms with van der Waals surface area (Å²) in [5.74, 6) is -1.03. The molecule has 346 valence electrons. The van der Waals surface area contributed by atoms with Gasteiger partial charge in [0.1, 0.15) is 13.2 Å². The second kappa shape index (κ2) is 49.0. The number of carbonyl (C=O) groups excluding carboxylic acids is 3. The first-order valence-corrected chi connectivity index (χ1v) is 24.8. The molecule has 6 nitrogen and oxygen atoms in total. The van der Waals surface area contributed by atoms with Crippen molar-refractivity contribution in [2.24, 2.45) is 0 Å². The molecule has 0 amide bonds. The molecule has 0 aliphatic heterocycles. The first-order valence-electron chi connectivity index (χ1n) is 24.8. The molecule has 0 radical (unpaired) electrons. The third kappa shape index (κ3) is 47.2. The Kier molecular flexibility index (Phi) is 46.0. The van der Waals surface area contributed by atoms with Gasteiger partial charge in [0.05, 0.1) is 0 Å². The number of hydrogen-bond acceptors (Lipinski definition) is 6. The lowest BCUT2D eigenvalue weighted by Crippen LogP contribution is -2.30. The van der Waals surface area contributed by atoms with Crippen molar-refractivity contribution in [3.63, 3.8) is 0 Å². The average Bonchev–Trinajstić information content (AvgIpc) is 3.26. The summed E-state index contributed by atoms with van der Waals surface area (Å²) in [5, 5.41) is 0. The highest BCUT2D eigenvalue weighted by molar-refractivity contribution is 5.71. The van der Waals surface area contributed by atoms with Gasteiger partial charge in [-0.3, -0.25) is 14.4 Å². The molecule has 0 heterocycles. The number of carbonyl (C=O) groups is 3. The highest BCUT2D eigenvalue weighted by atomic mass is 16.6. The van der Waals surface area contributed by atoms with Crippen molar-refractivity contribution in [1.82, 2.24) is 0 Å². The summed E-state index contributed by atoms with van der Waals surface area (Å²) in [7, 11) is 0. The summed E-state index contributed by atoms with van der Waals surface area (Å²) in [4.78, 5) is 37.8. The minimum absolute atomic E-state index is 0.114. The Labute approximate surface area is 375 Å². The first-order chi connectivity index (χ1) is 30.0. The number of hydrogen-bond donors (Lipinski definition) is 0. The van der Waals surface area contributed by atoms with Crippen molar-refractivity contribution in [1.29, 1.82) is 0 Å². The van der Waals surface area contributed by atoms with Gasteiger partial charge in [0.25, 0.3) is 0 Å². The number of ether oxygens (including phenoxy) is 3. The maximum Gasteiger partial charge on any atom is 0.306 e. The Hall–Kier alpha value is -3.67. The van der Waals surface area contributed by atoms with Crippen molar-refractivity contribution >= 4 is 17.9 Å². The van der Waals surface area contributed by atoms with Gasteiger partial charge in [-0.15, -0.1) is 0 Å². The van der Waals surface area contributed by atoms with E-state index in [-0.39, 0.29) is 31.6 Å². The molecule has 61 heavy (non-hydrogen) atoms. The third-order valence-electron chi connectivity index (χ3n) is 10.1. The molecule has 0 saturated carbocycles. The number of rotatable bonds is 43. The summed E-state index contributed by atoms with van der Waals surface area (Å²) >= 11 is 0. The summed E-state index contributed by atoms with van der Waals surface area (Å²) in [6, 6.07) is 0. The van der Waals surface area contributed by atoms with Gasteiger partial charge in [-0.1, -0.05) is 214 Å². The Morgan fingerprint density at radius 1 is 0.361 bits per heavy atom. The van der Waals surface area contributed by atoms with Crippen LogP contribution in [0.3, 0.4) is 0 Å². The van der Waals surface area contributed by atoms with Crippen molar-refractivity contribution in [3.8, 4) is 0 Å². The predicted octanol–water partition coefficient (Wildman–Crippen LogP) is 16.2. The number of allylic oxidation sites excluding steroid dienone is 16. The maximum absolute atomic E-state index is 12.7. The van der Waals surface area contributed by atoms with Crippen LogP contribution in [-0.2, 0) is 28.6 Å². The molecule has 1 atom stereocenters. The van der Waals surface area contributed by atoms with Crippen LogP contribution in [0.1, 0.15) is 213 Å². The summed E-state index contributed by atoms with van der Waals surface area (Å²) in [6.45, 7) is 6.39. The van der Waals surface area contributed by atoms with Crippen molar-refractivity contribution in [2.75, 3.05) is 13.2 Å². The zero-order valence-electron chi connectivity index (χ0n) is 39.4.